The molecule has 0 saturated heterocycles. The summed E-state index contributed by atoms with van der Waals surface area (Å²) in [6.07, 6.45) is 0.801. The highest BCUT2D eigenvalue weighted by atomic mass is 19.1. The monoisotopic (exact) mass is 205 g/mol. The highest BCUT2D eigenvalue weighted by Crippen LogP contribution is 2.15. The third kappa shape index (κ3) is 3.73. The number of hydrogen-bond acceptors (Lipinski definition) is 1. The van der Waals surface area contributed by atoms with Crippen LogP contribution in [-0.4, -0.2) is 6.54 Å². The highest BCUT2D eigenvalue weighted by molar-refractivity contribution is 5.20. The van der Waals surface area contributed by atoms with Gasteiger partial charge in [0.1, 0.15) is 5.82 Å². The minimum Gasteiger partial charge on any atom is -0.309 e. The van der Waals surface area contributed by atoms with Crippen LogP contribution in [0.15, 0.2) is 24.3 Å². The molecule has 0 aromatic heterocycles. The minimum absolute atomic E-state index is 0.0323. The zero-order valence-corrected chi connectivity index (χ0v) is 9.18. The molecular weight excluding hydrogens is 189 g/mol. The Kier molecular flexibility index (Phi) is 4.86. The number of hydrogen-bond donors (Lipinski definition) is 1. The van der Waals surface area contributed by atoms with Crippen LogP contribution in [-0.2, 0) is 0 Å². The van der Waals surface area contributed by atoms with Crippen LogP contribution in [0.2, 0.25) is 0 Å². The van der Waals surface area contributed by atoms with E-state index in [9.17, 15) is 4.39 Å². The van der Waals surface area contributed by atoms with Crippen LogP contribution in [0, 0.1) is 17.7 Å². The van der Waals surface area contributed by atoms with Gasteiger partial charge < -0.3 is 5.32 Å². The fourth-order valence-corrected chi connectivity index (χ4v) is 1.41. The second-order valence-corrected chi connectivity index (χ2v) is 3.37. The van der Waals surface area contributed by atoms with E-state index in [0.717, 1.165) is 13.0 Å². The third-order valence-corrected chi connectivity index (χ3v) is 2.25. The van der Waals surface area contributed by atoms with Crippen molar-refractivity contribution in [3.05, 3.63) is 35.6 Å². The first kappa shape index (κ1) is 11.7. The van der Waals surface area contributed by atoms with E-state index in [2.05, 4.69) is 17.2 Å². The van der Waals surface area contributed by atoms with E-state index in [1.54, 1.807) is 12.1 Å². The predicted octanol–water partition coefficient (Wildman–Crippen LogP) is 2.89. The molecule has 1 aromatic rings. The lowest BCUT2D eigenvalue weighted by molar-refractivity contribution is 0.534. The maximum atomic E-state index is 13.3. The molecule has 0 aliphatic carbocycles. The summed E-state index contributed by atoms with van der Waals surface area (Å²) in [5.74, 6) is 5.64. The molecule has 1 aromatic carbocycles. The van der Waals surface area contributed by atoms with Gasteiger partial charge in [-0.05, 0) is 19.9 Å². The van der Waals surface area contributed by atoms with Gasteiger partial charge in [-0.2, -0.15) is 0 Å². The average Bonchev–Trinajstić information content (AvgIpc) is 2.25. The van der Waals surface area contributed by atoms with E-state index in [1.807, 2.05) is 19.9 Å². The molecule has 0 saturated carbocycles. The first-order valence-corrected chi connectivity index (χ1v) is 5.13. The van der Waals surface area contributed by atoms with Crippen molar-refractivity contribution in [1.29, 1.82) is 0 Å². The van der Waals surface area contributed by atoms with E-state index in [0.29, 0.717) is 5.56 Å². The van der Waals surface area contributed by atoms with Crippen LogP contribution < -0.4 is 5.32 Å². The molecule has 1 N–H and O–H groups in total. The van der Waals surface area contributed by atoms with Gasteiger partial charge >= 0.3 is 0 Å². The molecule has 0 bridgehead atoms. The number of rotatable bonds is 4. The molecule has 0 heterocycles. The summed E-state index contributed by atoms with van der Waals surface area (Å²) in [6.45, 7) is 4.56. The molecule has 1 atom stereocenters. The van der Waals surface area contributed by atoms with Crippen molar-refractivity contribution in [1.82, 2.24) is 5.32 Å². The first-order chi connectivity index (χ1) is 7.25. The van der Waals surface area contributed by atoms with Crippen molar-refractivity contribution in [3.63, 3.8) is 0 Å². The molecule has 80 valence electrons. The van der Waals surface area contributed by atoms with Crippen molar-refractivity contribution >= 4 is 0 Å². The second kappa shape index (κ2) is 6.21. The summed E-state index contributed by atoms with van der Waals surface area (Å²) < 4.78 is 13.3. The number of halogens is 1. The molecule has 0 aliphatic heterocycles. The Labute approximate surface area is 90.7 Å². The molecule has 0 spiro atoms. The van der Waals surface area contributed by atoms with Crippen molar-refractivity contribution in [2.75, 3.05) is 6.54 Å². The van der Waals surface area contributed by atoms with Gasteiger partial charge in [-0.3, -0.25) is 0 Å². The summed E-state index contributed by atoms with van der Waals surface area (Å²) in [7, 11) is 0. The molecule has 1 rings (SSSR count). The maximum absolute atomic E-state index is 13.3. The standard InChI is InChI=1S/C13H16FN/c1-3-4-7-10-15-11(2)12-8-5-6-9-13(12)14/h5-6,8-9,11,15H,7,10H2,1-2H3/t11-/m1/s1. The van der Waals surface area contributed by atoms with Gasteiger partial charge in [0.25, 0.3) is 0 Å². The molecule has 0 aliphatic rings. The zero-order chi connectivity index (χ0) is 11.1. The van der Waals surface area contributed by atoms with Crippen LogP contribution >= 0.6 is 0 Å². The molecule has 0 radical (unpaired) electrons. The molecule has 0 amide bonds. The SMILES string of the molecule is CC#CCCN[C@H](C)c1ccccc1F. The Morgan fingerprint density at radius 3 is 2.80 bits per heavy atom. The Morgan fingerprint density at radius 2 is 2.13 bits per heavy atom. The molecule has 1 nitrogen and oxygen atoms in total. The molecule has 0 unspecified atom stereocenters. The molecule has 15 heavy (non-hydrogen) atoms. The Hall–Kier alpha value is -1.33. The molecule has 2 heteroatoms. The topological polar surface area (TPSA) is 12.0 Å². The van der Waals surface area contributed by atoms with Gasteiger partial charge in [-0.1, -0.05) is 18.2 Å². The Balaban J connectivity index is 2.49. The van der Waals surface area contributed by atoms with Crippen molar-refractivity contribution in [3.8, 4) is 11.8 Å². The van der Waals surface area contributed by atoms with E-state index in [4.69, 9.17) is 0 Å². The van der Waals surface area contributed by atoms with Crippen LogP contribution in [0.1, 0.15) is 31.9 Å². The van der Waals surface area contributed by atoms with Gasteiger partial charge in [0.15, 0.2) is 0 Å². The predicted molar refractivity (Wildman–Crippen MR) is 60.9 cm³/mol. The maximum Gasteiger partial charge on any atom is 0.127 e. The van der Waals surface area contributed by atoms with E-state index >= 15 is 0 Å². The average molecular weight is 205 g/mol. The molecular formula is C13H16FN. The molecule has 0 fully saturated rings. The van der Waals surface area contributed by atoms with Crippen molar-refractivity contribution in [2.45, 2.75) is 26.3 Å². The van der Waals surface area contributed by atoms with Crippen LogP contribution in [0.4, 0.5) is 4.39 Å². The smallest absolute Gasteiger partial charge is 0.127 e. The van der Waals surface area contributed by atoms with E-state index in [1.165, 1.54) is 6.07 Å². The first-order valence-electron chi connectivity index (χ1n) is 5.13. The van der Waals surface area contributed by atoms with E-state index in [-0.39, 0.29) is 11.9 Å². The minimum atomic E-state index is -0.154. The largest absolute Gasteiger partial charge is 0.309 e. The van der Waals surface area contributed by atoms with Crippen molar-refractivity contribution in [2.24, 2.45) is 0 Å². The second-order valence-electron chi connectivity index (χ2n) is 3.37. The van der Waals surface area contributed by atoms with Gasteiger partial charge in [0.2, 0.25) is 0 Å². The fourth-order valence-electron chi connectivity index (χ4n) is 1.41. The Morgan fingerprint density at radius 1 is 1.40 bits per heavy atom. The summed E-state index contributed by atoms with van der Waals surface area (Å²) >= 11 is 0. The summed E-state index contributed by atoms with van der Waals surface area (Å²) in [4.78, 5) is 0. The van der Waals surface area contributed by atoms with Gasteiger partial charge in [0, 0.05) is 24.6 Å². The van der Waals surface area contributed by atoms with Gasteiger partial charge in [-0.25, -0.2) is 4.39 Å². The summed E-state index contributed by atoms with van der Waals surface area (Å²) in [6, 6.07) is 6.87. The quantitative estimate of drug-likeness (QED) is 0.588. The van der Waals surface area contributed by atoms with Gasteiger partial charge in [0.05, 0.1) is 0 Å². The van der Waals surface area contributed by atoms with E-state index < -0.39 is 0 Å². The highest BCUT2D eigenvalue weighted by Gasteiger charge is 2.08. The van der Waals surface area contributed by atoms with Crippen LogP contribution in [0.5, 0.6) is 0 Å². The number of benzene rings is 1. The number of nitrogens with one attached hydrogen (secondary N) is 1. The normalized spacial score (nSPS) is 11.7. The third-order valence-electron chi connectivity index (χ3n) is 2.25. The lowest BCUT2D eigenvalue weighted by Crippen LogP contribution is -2.20. The Bertz CT molecular complexity index is 362. The summed E-state index contributed by atoms with van der Waals surface area (Å²) in [5, 5.41) is 3.23. The lowest BCUT2D eigenvalue weighted by Gasteiger charge is -2.13. The van der Waals surface area contributed by atoms with Crippen LogP contribution in [0.25, 0.3) is 0 Å². The fraction of sp³-hybridized carbons (Fsp3) is 0.385. The lowest BCUT2D eigenvalue weighted by atomic mass is 10.1. The van der Waals surface area contributed by atoms with Gasteiger partial charge in [-0.15, -0.1) is 11.8 Å². The van der Waals surface area contributed by atoms with Crippen molar-refractivity contribution < 1.29 is 4.39 Å². The zero-order valence-electron chi connectivity index (χ0n) is 9.18. The summed E-state index contributed by atoms with van der Waals surface area (Å²) in [5.41, 5.74) is 0.710. The van der Waals surface area contributed by atoms with Crippen LogP contribution in [0.3, 0.4) is 0 Å².